The molecule has 1 fully saturated rings. The molecule has 1 aromatic carbocycles. The van der Waals surface area contributed by atoms with E-state index in [1.807, 2.05) is 12.3 Å². The highest BCUT2D eigenvalue weighted by Crippen LogP contribution is 2.25. The Morgan fingerprint density at radius 1 is 1.46 bits per heavy atom. The molecule has 1 aliphatic rings. The Morgan fingerprint density at radius 2 is 2.31 bits per heavy atom. The molecule has 2 amide bonds. The van der Waals surface area contributed by atoms with Gasteiger partial charge in [-0.15, -0.1) is 0 Å². The average molecular weight is 377 g/mol. The highest BCUT2D eigenvalue weighted by Gasteiger charge is 2.22. The molecule has 0 spiro atoms. The second-order valence-electron chi connectivity index (χ2n) is 6.62. The fourth-order valence-electron chi connectivity index (χ4n) is 3.16. The van der Waals surface area contributed by atoms with Crippen LogP contribution in [0.15, 0.2) is 36.7 Å². The maximum atomic E-state index is 13.5. The van der Waals surface area contributed by atoms with Crippen LogP contribution in [0.3, 0.4) is 0 Å². The van der Waals surface area contributed by atoms with Gasteiger partial charge in [-0.05, 0) is 55.6 Å². The number of rotatable bonds is 4. The quantitative estimate of drug-likeness (QED) is 0.848. The van der Waals surface area contributed by atoms with Crippen LogP contribution in [0.5, 0.6) is 0 Å². The van der Waals surface area contributed by atoms with Crippen molar-refractivity contribution in [2.75, 3.05) is 18.4 Å². The lowest BCUT2D eigenvalue weighted by Gasteiger charge is -2.33. The van der Waals surface area contributed by atoms with Gasteiger partial charge >= 0.3 is 6.03 Å². The summed E-state index contributed by atoms with van der Waals surface area (Å²) in [5.74, 6) is -0.390. The van der Waals surface area contributed by atoms with Crippen LogP contribution in [-0.2, 0) is 6.54 Å². The molecule has 0 radical (unpaired) electrons. The molecule has 1 unspecified atom stereocenters. The maximum absolute atomic E-state index is 13.5. The average Bonchev–Trinajstić information content (AvgIpc) is 2.61. The van der Waals surface area contributed by atoms with Crippen LogP contribution in [0.25, 0.3) is 0 Å². The highest BCUT2D eigenvalue weighted by atomic mass is 35.5. The summed E-state index contributed by atoms with van der Waals surface area (Å²) in [7, 11) is 0. The number of aryl methyl sites for hydroxylation is 1. The number of anilines is 1. The first-order chi connectivity index (χ1) is 12.5. The number of hydrogen-bond acceptors (Lipinski definition) is 3. The van der Waals surface area contributed by atoms with Crippen LogP contribution in [0.1, 0.15) is 24.0 Å². The summed E-state index contributed by atoms with van der Waals surface area (Å²) in [6.45, 7) is 4.22. The van der Waals surface area contributed by atoms with Crippen LogP contribution in [0.4, 0.5) is 14.9 Å². The van der Waals surface area contributed by atoms with Crippen molar-refractivity contribution >= 4 is 23.3 Å². The molecule has 7 heteroatoms. The topological polar surface area (TPSA) is 57.3 Å². The molecule has 2 N–H and O–H groups in total. The van der Waals surface area contributed by atoms with Crippen molar-refractivity contribution < 1.29 is 9.18 Å². The lowest BCUT2D eigenvalue weighted by molar-refractivity contribution is 0.183. The molecule has 1 saturated heterocycles. The third-order valence-corrected chi connectivity index (χ3v) is 4.78. The van der Waals surface area contributed by atoms with E-state index >= 15 is 0 Å². The van der Waals surface area contributed by atoms with E-state index in [1.54, 1.807) is 13.1 Å². The van der Waals surface area contributed by atoms with E-state index in [0.717, 1.165) is 38.0 Å². The van der Waals surface area contributed by atoms with E-state index in [1.165, 1.54) is 12.1 Å². The van der Waals surface area contributed by atoms with Crippen LogP contribution < -0.4 is 10.6 Å². The Morgan fingerprint density at radius 3 is 3.08 bits per heavy atom. The number of amides is 2. The first-order valence-corrected chi connectivity index (χ1v) is 9.03. The molecule has 26 heavy (non-hydrogen) atoms. The van der Waals surface area contributed by atoms with Crippen LogP contribution >= 0.6 is 11.6 Å². The standard InChI is InChI=1S/C19H22ClFN4O/c1-13-8-18(16(20)9-17(13)21)24-19(26)23-15-5-3-7-25(12-15)11-14-4-2-6-22-10-14/h2,4,6,8-10,15H,3,5,7,11-12H2,1H3,(H2,23,24,26). The van der Waals surface area contributed by atoms with Gasteiger partial charge in [-0.2, -0.15) is 0 Å². The number of benzene rings is 1. The second-order valence-corrected chi connectivity index (χ2v) is 7.02. The first kappa shape index (κ1) is 18.6. The lowest BCUT2D eigenvalue weighted by Crippen LogP contribution is -2.48. The smallest absolute Gasteiger partial charge is 0.319 e. The summed E-state index contributed by atoms with van der Waals surface area (Å²) in [6.07, 6.45) is 5.56. The molecule has 2 heterocycles. The molecule has 1 aliphatic heterocycles. The van der Waals surface area contributed by atoms with Gasteiger partial charge in [-0.3, -0.25) is 9.88 Å². The Hall–Kier alpha value is -2.18. The number of urea groups is 1. The third-order valence-electron chi connectivity index (χ3n) is 4.47. The summed E-state index contributed by atoms with van der Waals surface area (Å²) in [5.41, 5.74) is 2.00. The SMILES string of the molecule is Cc1cc(NC(=O)NC2CCCN(Cc3cccnc3)C2)c(Cl)cc1F. The number of piperidine rings is 1. The number of carbonyl (C=O) groups is 1. The van der Waals surface area contributed by atoms with Crippen molar-refractivity contribution in [1.82, 2.24) is 15.2 Å². The monoisotopic (exact) mass is 376 g/mol. The molecule has 0 aliphatic carbocycles. The van der Waals surface area contributed by atoms with E-state index in [-0.39, 0.29) is 22.9 Å². The fraction of sp³-hybridized carbons (Fsp3) is 0.368. The molecular weight excluding hydrogens is 355 g/mol. The van der Waals surface area contributed by atoms with E-state index in [0.29, 0.717) is 11.3 Å². The second kappa shape index (κ2) is 8.47. The van der Waals surface area contributed by atoms with Crippen molar-refractivity contribution in [2.24, 2.45) is 0 Å². The number of nitrogens with one attached hydrogen (secondary N) is 2. The number of carbonyl (C=O) groups excluding carboxylic acids is 1. The molecule has 1 aromatic heterocycles. The molecule has 0 bridgehead atoms. The number of aromatic nitrogens is 1. The zero-order valence-electron chi connectivity index (χ0n) is 14.6. The number of pyridine rings is 1. The molecule has 0 saturated carbocycles. The summed E-state index contributed by atoms with van der Waals surface area (Å²) in [6, 6.07) is 6.45. The van der Waals surface area contributed by atoms with Crippen molar-refractivity contribution in [2.45, 2.75) is 32.4 Å². The van der Waals surface area contributed by atoms with Crippen molar-refractivity contribution in [1.29, 1.82) is 0 Å². The van der Waals surface area contributed by atoms with Gasteiger partial charge in [-0.1, -0.05) is 17.7 Å². The molecular formula is C19H22ClFN4O. The van der Waals surface area contributed by atoms with Gasteiger partial charge in [0.15, 0.2) is 0 Å². The van der Waals surface area contributed by atoms with Crippen LogP contribution in [0, 0.1) is 12.7 Å². The van der Waals surface area contributed by atoms with E-state index in [2.05, 4.69) is 26.6 Å². The van der Waals surface area contributed by atoms with Gasteiger partial charge in [-0.25, -0.2) is 9.18 Å². The number of nitrogens with zero attached hydrogens (tertiary/aromatic N) is 2. The largest absolute Gasteiger partial charge is 0.334 e. The highest BCUT2D eigenvalue weighted by molar-refractivity contribution is 6.33. The maximum Gasteiger partial charge on any atom is 0.319 e. The third kappa shape index (κ3) is 4.93. The molecule has 138 valence electrons. The number of likely N-dealkylation sites (tertiary alicyclic amines) is 1. The Kier molecular flexibility index (Phi) is 6.06. The minimum absolute atomic E-state index is 0.0562. The zero-order chi connectivity index (χ0) is 18.5. The van der Waals surface area contributed by atoms with Crippen molar-refractivity contribution in [3.8, 4) is 0 Å². The van der Waals surface area contributed by atoms with E-state index in [9.17, 15) is 9.18 Å². The molecule has 2 aromatic rings. The number of halogens is 2. The van der Waals surface area contributed by atoms with E-state index in [4.69, 9.17) is 11.6 Å². The predicted octanol–water partition coefficient (Wildman–Crippen LogP) is 3.97. The Bertz CT molecular complexity index is 772. The van der Waals surface area contributed by atoms with Gasteiger partial charge in [0.2, 0.25) is 0 Å². The first-order valence-electron chi connectivity index (χ1n) is 8.65. The normalized spacial score (nSPS) is 17.7. The summed E-state index contributed by atoms with van der Waals surface area (Å²) < 4.78 is 13.5. The van der Waals surface area contributed by atoms with Gasteiger partial charge < -0.3 is 10.6 Å². The summed E-state index contributed by atoms with van der Waals surface area (Å²) in [5, 5.41) is 5.88. The Balaban J connectivity index is 1.55. The minimum Gasteiger partial charge on any atom is -0.334 e. The van der Waals surface area contributed by atoms with Gasteiger partial charge in [0.05, 0.1) is 10.7 Å². The predicted molar refractivity (Wildman–Crippen MR) is 101 cm³/mol. The Labute approximate surface area is 157 Å². The zero-order valence-corrected chi connectivity index (χ0v) is 15.4. The van der Waals surface area contributed by atoms with Crippen molar-refractivity contribution in [3.05, 3.63) is 58.6 Å². The van der Waals surface area contributed by atoms with E-state index < -0.39 is 0 Å². The van der Waals surface area contributed by atoms with Gasteiger partial charge in [0.1, 0.15) is 5.82 Å². The molecule has 5 nitrogen and oxygen atoms in total. The molecule has 3 rings (SSSR count). The fourth-order valence-corrected chi connectivity index (χ4v) is 3.36. The van der Waals surface area contributed by atoms with Crippen LogP contribution in [-0.4, -0.2) is 35.0 Å². The van der Waals surface area contributed by atoms with Gasteiger partial charge in [0, 0.05) is 31.5 Å². The minimum atomic E-state index is -0.390. The van der Waals surface area contributed by atoms with Crippen molar-refractivity contribution in [3.63, 3.8) is 0 Å². The van der Waals surface area contributed by atoms with Gasteiger partial charge in [0.25, 0.3) is 0 Å². The summed E-state index contributed by atoms with van der Waals surface area (Å²) >= 11 is 6.01. The van der Waals surface area contributed by atoms with Crippen LogP contribution in [0.2, 0.25) is 5.02 Å². The molecule has 1 atom stereocenters. The lowest BCUT2D eigenvalue weighted by atomic mass is 10.1. The summed E-state index contributed by atoms with van der Waals surface area (Å²) in [4.78, 5) is 18.7. The number of hydrogen-bond donors (Lipinski definition) is 2.